The molecule has 0 aliphatic carbocycles. The van der Waals surface area contributed by atoms with E-state index >= 15 is 0 Å². The summed E-state index contributed by atoms with van der Waals surface area (Å²) in [5.74, 6) is 0.0100. The lowest BCUT2D eigenvalue weighted by atomic mass is 10.2. The van der Waals surface area contributed by atoms with E-state index in [1.54, 1.807) is 16.9 Å². The molecule has 0 unspecified atom stereocenters. The smallest absolute Gasteiger partial charge is 0.163 e. The van der Waals surface area contributed by atoms with Crippen molar-refractivity contribution in [3.8, 4) is 5.69 Å². The Morgan fingerprint density at radius 1 is 1.38 bits per heavy atom. The molecule has 82 valence electrons. The molecule has 3 nitrogen and oxygen atoms in total. The average Bonchev–Trinajstić information content (AvgIpc) is 2.61. The van der Waals surface area contributed by atoms with Crippen LogP contribution < -0.4 is 0 Å². The number of halogens is 1. The Hall–Kier alpha value is -1.61. The number of nitrogens with zero attached hydrogens (tertiary/aromatic N) is 2. The first-order chi connectivity index (χ1) is 7.59. The number of carbonyl (C=O) groups is 1. The predicted molar refractivity (Wildman–Crippen MR) is 63.3 cm³/mol. The Balaban J connectivity index is 2.54. The molecule has 0 radical (unpaired) electrons. The molecule has 1 aromatic heterocycles. The number of ketones is 1. The number of hydrogen-bond acceptors (Lipinski definition) is 2. The Labute approximate surface area is 98.7 Å². The first kappa shape index (κ1) is 10.9. The fraction of sp³-hybridized carbons (Fsp3) is 0.167. The first-order valence-electron chi connectivity index (χ1n) is 4.91. The van der Waals surface area contributed by atoms with Gasteiger partial charge in [0, 0.05) is 6.20 Å². The molecule has 0 N–H and O–H groups in total. The van der Waals surface area contributed by atoms with Crippen LogP contribution in [0.1, 0.15) is 23.0 Å². The number of Topliss-reactive ketones (excluding diaryl/α,β-unsaturated/α-hetero) is 1. The standard InChI is InChI=1S/C12H11ClN2O/c1-8-10(9(2)16)7-15(14-8)12-6-4-3-5-11(12)13/h3-7H,1-2H3. The van der Waals surface area contributed by atoms with E-state index in [1.165, 1.54) is 6.92 Å². The summed E-state index contributed by atoms with van der Waals surface area (Å²) in [6.45, 7) is 3.34. The monoisotopic (exact) mass is 234 g/mol. The van der Waals surface area contributed by atoms with Crippen molar-refractivity contribution in [2.24, 2.45) is 0 Å². The molecule has 0 aliphatic rings. The van der Waals surface area contributed by atoms with E-state index in [0.29, 0.717) is 16.3 Å². The molecule has 2 rings (SSSR count). The second-order valence-electron chi connectivity index (χ2n) is 3.58. The minimum absolute atomic E-state index is 0.0100. The summed E-state index contributed by atoms with van der Waals surface area (Å²) < 4.78 is 1.63. The molecule has 16 heavy (non-hydrogen) atoms. The lowest BCUT2D eigenvalue weighted by molar-refractivity contribution is 0.101. The highest BCUT2D eigenvalue weighted by atomic mass is 35.5. The van der Waals surface area contributed by atoms with Crippen LogP contribution in [-0.4, -0.2) is 15.6 Å². The second-order valence-corrected chi connectivity index (χ2v) is 3.99. The van der Waals surface area contributed by atoms with Crippen LogP contribution in [-0.2, 0) is 0 Å². The van der Waals surface area contributed by atoms with Gasteiger partial charge in [-0.05, 0) is 26.0 Å². The summed E-state index contributed by atoms with van der Waals surface area (Å²) in [6, 6.07) is 7.39. The molecule has 0 amide bonds. The SMILES string of the molecule is CC(=O)c1cn(-c2ccccc2Cl)nc1C. The Kier molecular flexibility index (Phi) is 2.79. The number of rotatable bonds is 2. The van der Waals surface area contributed by atoms with Gasteiger partial charge in [0.25, 0.3) is 0 Å². The van der Waals surface area contributed by atoms with Crippen molar-refractivity contribution in [2.45, 2.75) is 13.8 Å². The minimum Gasteiger partial charge on any atom is -0.294 e. The maximum Gasteiger partial charge on any atom is 0.163 e. The van der Waals surface area contributed by atoms with E-state index < -0.39 is 0 Å². The van der Waals surface area contributed by atoms with Crippen molar-refractivity contribution in [2.75, 3.05) is 0 Å². The summed E-state index contributed by atoms with van der Waals surface area (Å²) in [5, 5.41) is 4.89. The van der Waals surface area contributed by atoms with Crippen LogP contribution in [0.5, 0.6) is 0 Å². The maximum atomic E-state index is 11.3. The Morgan fingerprint density at radius 2 is 2.06 bits per heavy atom. The molecule has 0 saturated carbocycles. The van der Waals surface area contributed by atoms with E-state index in [2.05, 4.69) is 5.10 Å². The lowest BCUT2D eigenvalue weighted by Crippen LogP contribution is -1.95. The summed E-state index contributed by atoms with van der Waals surface area (Å²) in [6.07, 6.45) is 1.71. The first-order valence-corrected chi connectivity index (χ1v) is 5.29. The molecule has 0 fully saturated rings. The molecule has 0 aliphatic heterocycles. The van der Waals surface area contributed by atoms with Crippen molar-refractivity contribution >= 4 is 17.4 Å². The third-order valence-corrected chi connectivity index (χ3v) is 2.70. The zero-order valence-corrected chi connectivity index (χ0v) is 9.82. The number of aromatic nitrogens is 2. The number of carbonyl (C=O) groups excluding carboxylic acids is 1. The molecule has 1 aromatic carbocycles. The predicted octanol–water partition coefficient (Wildman–Crippen LogP) is 3.04. The lowest BCUT2D eigenvalue weighted by Gasteiger charge is -2.02. The second kappa shape index (κ2) is 4.10. The molecule has 0 atom stereocenters. The zero-order valence-electron chi connectivity index (χ0n) is 9.07. The van der Waals surface area contributed by atoms with E-state index in [0.717, 1.165) is 5.69 Å². The van der Waals surface area contributed by atoms with Gasteiger partial charge in [0.05, 0.1) is 22.0 Å². The number of aryl methyl sites for hydroxylation is 1. The Morgan fingerprint density at radius 3 is 2.62 bits per heavy atom. The van der Waals surface area contributed by atoms with Gasteiger partial charge in [-0.1, -0.05) is 23.7 Å². The maximum absolute atomic E-state index is 11.3. The molecule has 4 heteroatoms. The third-order valence-electron chi connectivity index (χ3n) is 2.38. The molecule has 2 aromatic rings. The van der Waals surface area contributed by atoms with E-state index in [4.69, 9.17) is 11.6 Å². The van der Waals surface area contributed by atoms with Gasteiger partial charge in [0.2, 0.25) is 0 Å². The molecule has 0 bridgehead atoms. The summed E-state index contributed by atoms with van der Waals surface area (Å²) in [4.78, 5) is 11.3. The normalized spacial score (nSPS) is 10.4. The van der Waals surface area contributed by atoms with Crippen molar-refractivity contribution in [1.82, 2.24) is 9.78 Å². The van der Waals surface area contributed by atoms with Gasteiger partial charge >= 0.3 is 0 Å². The fourth-order valence-corrected chi connectivity index (χ4v) is 1.79. The zero-order chi connectivity index (χ0) is 11.7. The average molecular weight is 235 g/mol. The van der Waals surface area contributed by atoms with Crippen molar-refractivity contribution in [3.63, 3.8) is 0 Å². The van der Waals surface area contributed by atoms with Gasteiger partial charge in [-0.15, -0.1) is 0 Å². The number of hydrogen-bond donors (Lipinski definition) is 0. The van der Waals surface area contributed by atoms with Crippen LogP contribution in [0.3, 0.4) is 0 Å². The number of para-hydroxylation sites is 1. The van der Waals surface area contributed by atoms with Gasteiger partial charge in [0.15, 0.2) is 5.78 Å². The van der Waals surface area contributed by atoms with Gasteiger partial charge < -0.3 is 0 Å². The summed E-state index contributed by atoms with van der Waals surface area (Å²) >= 11 is 6.05. The van der Waals surface area contributed by atoms with Gasteiger partial charge in [0.1, 0.15) is 0 Å². The quantitative estimate of drug-likeness (QED) is 0.749. The van der Waals surface area contributed by atoms with E-state index in [-0.39, 0.29) is 5.78 Å². The minimum atomic E-state index is 0.0100. The van der Waals surface area contributed by atoms with E-state index in [9.17, 15) is 4.79 Å². The van der Waals surface area contributed by atoms with Crippen molar-refractivity contribution in [3.05, 3.63) is 46.7 Å². The van der Waals surface area contributed by atoms with Crippen LogP contribution >= 0.6 is 11.6 Å². The third kappa shape index (κ3) is 1.86. The van der Waals surface area contributed by atoms with Crippen LogP contribution in [0, 0.1) is 6.92 Å². The molecule has 0 spiro atoms. The molecular formula is C12H11ClN2O. The van der Waals surface area contributed by atoms with Crippen LogP contribution in [0.25, 0.3) is 5.69 Å². The van der Waals surface area contributed by atoms with E-state index in [1.807, 2.05) is 25.1 Å². The highest BCUT2D eigenvalue weighted by Crippen LogP contribution is 2.20. The van der Waals surface area contributed by atoms with Gasteiger partial charge in [-0.3, -0.25) is 4.79 Å². The fourth-order valence-electron chi connectivity index (χ4n) is 1.57. The van der Waals surface area contributed by atoms with Crippen molar-refractivity contribution in [1.29, 1.82) is 0 Å². The number of benzene rings is 1. The highest BCUT2D eigenvalue weighted by Gasteiger charge is 2.11. The van der Waals surface area contributed by atoms with Crippen LogP contribution in [0.2, 0.25) is 5.02 Å². The van der Waals surface area contributed by atoms with Crippen LogP contribution in [0.15, 0.2) is 30.5 Å². The van der Waals surface area contributed by atoms with Crippen LogP contribution in [0.4, 0.5) is 0 Å². The molecule has 1 heterocycles. The molecular weight excluding hydrogens is 224 g/mol. The largest absolute Gasteiger partial charge is 0.294 e. The molecule has 0 saturated heterocycles. The van der Waals surface area contributed by atoms with Gasteiger partial charge in [-0.25, -0.2) is 4.68 Å². The summed E-state index contributed by atoms with van der Waals surface area (Å²) in [7, 11) is 0. The topological polar surface area (TPSA) is 34.9 Å². The van der Waals surface area contributed by atoms with Crippen molar-refractivity contribution < 1.29 is 4.79 Å². The van der Waals surface area contributed by atoms with Gasteiger partial charge in [-0.2, -0.15) is 5.10 Å². The highest BCUT2D eigenvalue weighted by molar-refractivity contribution is 6.32. The summed E-state index contributed by atoms with van der Waals surface area (Å²) in [5.41, 5.74) is 2.12. The Bertz CT molecular complexity index is 546.